The minimum Gasteiger partial charge on any atom is -0.491 e. The summed E-state index contributed by atoms with van der Waals surface area (Å²) in [6, 6.07) is 3.75. The van der Waals surface area contributed by atoms with E-state index in [2.05, 4.69) is 9.88 Å². The van der Waals surface area contributed by atoms with Crippen LogP contribution in [0.3, 0.4) is 0 Å². The number of ether oxygens (including phenoxy) is 2. The first-order valence-electron chi connectivity index (χ1n) is 11.5. The van der Waals surface area contributed by atoms with Gasteiger partial charge >= 0.3 is 6.18 Å². The highest BCUT2D eigenvalue weighted by Gasteiger charge is 2.35. The molecule has 3 rings (SSSR count). The van der Waals surface area contributed by atoms with Gasteiger partial charge in [0.15, 0.2) is 5.75 Å². The molecule has 9 nitrogen and oxygen atoms in total. The first-order valence-corrected chi connectivity index (χ1v) is 14.1. The third kappa shape index (κ3) is 8.28. The molecule has 1 aliphatic rings. The van der Waals surface area contributed by atoms with Crippen LogP contribution in [0.4, 0.5) is 18.9 Å². The van der Waals surface area contributed by atoms with Gasteiger partial charge in [0.05, 0.1) is 18.2 Å². The maximum Gasteiger partial charge on any atom is 0.404 e. The number of sulfonamides is 1. The number of hydrogen-bond donors (Lipinski definition) is 1. The van der Waals surface area contributed by atoms with Gasteiger partial charge in [-0.2, -0.15) is 13.2 Å². The summed E-state index contributed by atoms with van der Waals surface area (Å²) < 4.78 is 75.6. The van der Waals surface area contributed by atoms with E-state index in [1.165, 1.54) is 23.1 Å². The third-order valence-electron chi connectivity index (χ3n) is 6.02. The maximum atomic E-state index is 13.3. The lowest BCUT2D eigenvalue weighted by atomic mass is 10.0. The zero-order valence-electron chi connectivity index (χ0n) is 21.0. The molecule has 0 saturated carbocycles. The second-order valence-electron chi connectivity index (χ2n) is 9.14. The van der Waals surface area contributed by atoms with Crippen LogP contribution in [-0.2, 0) is 21.3 Å². The van der Waals surface area contributed by atoms with Crippen LogP contribution in [-0.4, -0.2) is 87.0 Å². The van der Waals surface area contributed by atoms with E-state index < -0.39 is 27.9 Å². The molecule has 1 aliphatic heterocycles. The van der Waals surface area contributed by atoms with E-state index in [1.54, 1.807) is 31.7 Å². The maximum absolute atomic E-state index is 13.3. The smallest absolute Gasteiger partial charge is 0.404 e. The Hall–Kier alpha value is -2.42. The fourth-order valence-corrected chi connectivity index (χ4v) is 5.70. The quantitative estimate of drug-likeness (QED) is 0.574. The van der Waals surface area contributed by atoms with Crippen LogP contribution in [0.2, 0.25) is 0 Å². The summed E-state index contributed by atoms with van der Waals surface area (Å²) in [5.74, 6) is -2.29. The number of anilines is 1. The fourth-order valence-electron chi connectivity index (χ4n) is 4.07. The molecule has 14 heteroatoms. The minimum absolute atomic E-state index is 0.0245. The van der Waals surface area contributed by atoms with Crippen molar-refractivity contribution in [2.45, 2.75) is 38.7 Å². The van der Waals surface area contributed by atoms with E-state index in [0.717, 1.165) is 5.01 Å². The molecule has 0 bridgehead atoms. The van der Waals surface area contributed by atoms with Gasteiger partial charge in [-0.05, 0) is 31.0 Å². The first-order chi connectivity index (χ1) is 17.3. The van der Waals surface area contributed by atoms with Gasteiger partial charge in [0.1, 0.15) is 17.4 Å². The number of nitrogens with one attached hydrogen (secondary N) is 1. The highest BCUT2D eigenvalue weighted by Crippen LogP contribution is 2.28. The number of likely N-dealkylation sites (N-methyl/N-ethyl adjacent to an activating group) is 1. The summed E-state index contributed by atoms with van der Waals surface area (Å²) in [6.45, 7) is 5.73. The summed E-state index contributed by atoms with van der Waals surface area (Å²) in [7, 11) is -1.57. The van der Waals surface area contributed by atoms with E-state index in [0.29, 0.717) is 13.1 Å². The van der Waals surface area contributed by atoms with Crippen LogP contribution in [0.5, 0.6) is 5.75 Å². The van der Waals surface area contributed by atoms with E-state index in [4.69, 9.17) is 9.47 Å². The van der Waals surface area contributed by atoms with Crippen LogP contribution in [0, 0.1) is 5.92 Å². The molecule has 1 aromatic carbocycles. The molecule has 1 aromatic heterocycles. The zero-order valence-corrected chi connectivity index (χ0v) is 22.6. The van der Waals surface area contributed by atoms with Gasteiger partial charge in [0.25, 0.3) is 5.91 Å². The van der Waals surface area contributed by atoms with Gasteiger partial charge in [-0.3, -0.25) is 14.4 Å². The van der Waals surface area contributed by atoms with Crippen molar-refractivity contribution < 1.29 is 35.9 Å². The Morgan fingerprint density at radius 2 is 2.00 bits per heavy atom. The number of hydrogen-bond acceptors (Lipinski definition) is 8. The second-order valence-corrected chi connectivity index (χ2v) is 11.8. The number of carbonyl (C=O) groups excluding carboxylic acids is 1. The molecule has 2 heterocycles. The van der Waals surface area contributed by atoms with Crippen molar-refractivity contribution in [3.8, 4) is 5.75 Å². The Morgan fingerprint density at radius 1 is 1.27 bits per heavy atom. The summed E-state index contributed by atoms with van der Waals surface area (Å²) in [6.07, 6.45) is -3.47. The number of fused-ring (bicyclic) bond motifs is 1. The van der Waals surface area contributed by atoms with Crippen molar-refractivity contribution in [1.29, 1.82) is 0 Å². The molecule has 0 saturated heterocycles. The van der Waals surface area contributed by atoms with Gasteiger partial charge in [-0.25, -0.2) is 13.4 Å². The normalized spacial score (nSPS) is 22.5. The van der Waals surface area contributed by atoms with Crippen LogP contribution in [0.15, 0.2) is 29.8 Å². The lowest BCUT2D eigenvalue weighted by Crippen LogP contribution is -2.46. The Kier molecular flexibility index (Phi) is 9.42. The highest BCUT2D eigenvalue weighted by molar-refractivity contribution is 7.92. The number of thiazole rings is 1. The van der Waals surface area contributed by atoms with Crippen LogP contribution in [0.25, 0.3) is 0 Å². The molecule has 2 aromatic rings. The largest absolute Gasteiger partial charge is 0.491 e. The number of methoxy groups -OCH3 is 1. The fraction of sp³-hybridized carbons (Fsp3) is 0.565. The molecule has 206 valence electrons. The molecular weight excluding hydrogens is 533 g/mol. The summed E-state index contributed by atoms with van der Waals surface area (Å²) in [4.78, 5) is 21.4. The topological polar surface area (TPSA) is 101 Å². The number of rotatable bonds is 6. The van der Waals surface area contributed by atoms with Crippen LogP contribution < -0.4 is 9.46 Å². The Labute approximate surface area is 218 Å². The van der Waals surface area contributed by atoms with Gasteiger partial charge < -0.3 is 14.4 Å². The van der Waals surface area contributed by atoms with Crippen molar-refractivity contribution in [2.75, 3.05) is 44.3 Å². The predicted octanol–water partition coefficient (Wildman–Crippen LogP) is 3.45. The molecule has 0 unspecified atom stereocenters. The Bertz CT molecular complexity index is 1160. The Balaban J connectivity index is 1.93. The molecule has 1 N–H and O–H groups in total. The van der Waals surface area contributed by atoms with Crippen molar-refractivity contribution in [3.05, 3.63) is 40.3 Å². The van der Waals surface area contributed by atoms with Crippen molar-refractivity contribution >= 4 is 33.0 Å². The van der Waals surface area contributed by atoms with Crippen molar-refractivity contribution in [2.24, 2.45) is 5.92 Å². The monoisotopic (exact) mass is 564 g/mol. The number of benzene rings is 1. The van der Waals surface area contributed by atoms with Gasteiger partial charge in [0.2, 0.25) is 10.0 Å². The van der Waals surface area contributed by atoms with Crippen LogP contribution in [0.1, 0.15) is 29.2 Å². The SMILES string of the molecule is CO[C@H]1CN(C)C(=O)c2cc(NS(=O)(=O)CC(F)(F)F)ccc2OC[C@@H](C)N(Cc2nccs2)C[C@@H]1C. The van der Waals surface area contributed by atoms with Gasteiger partial charge in [-0.1, -0.05) is 6.92 Å². The average Bonchev–Trinajstić information content (AvgIpc) is 3.31. The molecule has 3 atom stereocenters. The Morgan fingerprint density at radius 3 is 2.62 bits per heavy atom. The standard InChI is InChI=1S/C23H31F3N4O5S2/c1-15-10-30(12-21-27-7-8-36-21)16(2)13-35-19-6-5-17(28-37(32,33)14-23(24,25)26)9-18(19)22(31)29(3)11-20(15)34-4/h5-9,15-16,20,28H,10-14H2,1-4H3/t15-,16+,20-/m0/s1. The van der Waals surface area contributed by atoms with E-state index in [1.807, 2.05) is 23.9 Å². The molecule has 0 fully saturated rings. The minimum atomic E-state index is -4.91. The number of amides is 1. The number of alkyl halides is 3. The summed E-state index contributed by atoms with van der Waals surface area (Å²) in [5, 5.41) is 2.86. The number of nitrogens with zero attached hydrogens (tertiary/aromatic N) is 3. The zero-order chi connectivity index (χ0) is 27.4. The predicted molar refractivity (Wildman–Crippen MR) is 134 cm³/mol. The number of aromatic nitrogens is 1. The lowest BCUT2D eigenvalue weighted by Gasteiger charge is -2.35. The third-order valence-corrected chi connectivity index (χ3v) is 8.04. The van der Waals surface area contributed by atoms with E-state index >= 15 is 0 Å². The van der Waals surface area contributed by atoms with Gasteiger partial charge in [-0.15, -0.1) is 11.3 Å². The molecule has 0 spiro atoms. The van der Waals surface area contributed by atoms with E-state index in [-0.39, 0.29) is 48.2 Å². The molecule has 0 radical (unpaired) electrons. The van der Waals surface area contributed by atoms with Crippen molar-refractivity contribution in [3.63, 3.8) is 0 Å². The average molecular weight is 565 g/mol. The lowest BCUT2D eigenvalue weighted by molar-refractivity contribution is -0.106. The summed E-state index contributed by atoms with van der Waals surface area (Å²) >= 11 is 1.55. The van der Waals surface area contributed by atoms with Crippen LogP contribution >= 0.6 is 11.3 Å². The second kappa shape index (κ2) is 12.0. The molecule has 37 heavy (non-hydrogen) atoms. The number of halogens is 3. The van der Waals surface area contributed by atoms with Gasteiger partial charge in [0, 0.05) is 50.6 Å². The molecule has 0 aliphatic carbocycles. The van der Waals surface area contributed by atoms with Crippen molar-refractivity contribution in [1.82, 2.24) is 14.8 Å². The van der Waals surface area contributed by atoms with E-state index in [9.17, 15) is 26.4 Å². The summed E-state index contributed by atoms with van der Waals surface area (Å²) in [5.41, 5.74) is -0.146. The molecular formula is C23H31F3N4O5S2. The molecule has 1 amide bonds. The highest BCUT2D eigenvalue weighted by atomic mass is 32.2. The first kappa shape index (κ1) is 29.1. The number of carbonyl (C=O) groups is 1.